The van der Waals surface area contributed by atoms with Gasteiger partial charge >= 0.3 is 0 Å². The van der Waals surface area contributed by atoms with Crippen LogP contribution in [0.5, 0.6) is 5.75 Å². The molecule has 17 heavy (non-hydrogen) atoms. The third kappa shape index (κ3) is 3.40. The van der Waals surface area contributed by atoms with Crippen molar-refractivity contribution >= 4 is 17.8 Å². The summed E-state index contributed by atoms with van der Waals surface area (Å²) in [5.74, 6) is 0.900. The number of rotatable bonds is 4. The molecular weight excluding hydrogens is 228 g/mol. The van der Waals surface area contributed by atoms with E-state index >= 15 is 0 Å². The summed E-state index contributed by atoms with van der Waals surface area (Å²) in [6, 6.07) is 18.3. The summed E-state index contributed by atoms with van der Waals surface area (Å²) in [5.41, 5.74) is 1.10. The molecule has 0 aliphatic heterocycles. The van der Waals surface area contributed by atoms with Gasteiger partial charge in [0.2, 0.25) is 0 Å². The lowest BCUT2D eigenvalue weighted by molar-refractivity contribution is 0.414. The van der Waals surface area contributed by atoms with Crippen LogP contribution >= 0.6 is 11.8 Å². The molecule has 2 aromatic rings. The molecule has 0 fully saturated rings. The first kappa shape index (κ1) is 11.8. The minimum Gasteiger partial charge on any atom is -0.496 e. The third-order valence-electron chi connectivity index (χ3n) is 2.33. The zero-order valence-electron chi connectivity index (χ0n) is 9.67. The zero-order valence-corrected chi connectivity index (χ0v) is 10.5. The molecule has 0 unspecified atom stereocenters. The second-order valence-electron chi connectivity index (χ2n) is 3.48. The standard InChI is InChI=1S/C15H14OS/c1-16-15-10-6-5-7-13(15)11-12-17-14-8-3-2-4-9-14/h2-12H,1H3/b12-11-. The van der Waals surface area contributed by atoms with E-state index in [0.717, 1.165) is 11.3 Å². The average Bonchev–Trinajstić information content (AvgIpc) is 2.40. The zero-order chi connectivity index (χ0) is 11.9. The Kier molecular flexibility index (Phi) is 4.28. The molecule has 2 rings (SSSR count). The number of ether oxygens (including phenoxy) is 1. The third-order valence-corrected chi connectivity index (χ3v) is 3.15. The molecule has 0 saturated carbocycles. The van der Waals surface area contributed by atoms with Crippen molar-refractivity contribution in [3.8, 4) is 5.75 Å². The molecule has 2 heteroatoms. The van der Waals surface area contributed by atoms with Gasteiger partial charge in [-0.1, -0.05) is 48.2 Å². The number of methoxy groups -OCH3 is 1. The van der Waals surface area contributed by atoms with Crippen molar-refractivity contribution in [3.63, 3.8) is 0 Å². The summed E-state index contributed by atoms with van der Waals surface area (Å²) in [6.07, 6.45) is 2.07. The first-order chi connectivity index (χ1) is 8.40. The minimum absolute atomic E-state index is 0.900. The monoisotopic (exact) mass is 242 g/mol. The summed E-state index contributed by atoms with van der Waals surface area (Å²) in [6.45, 7) is 0. The molecule has 0 saturated heterocycles. The summed E-state index contributed by atoms with van der Waals surface area (Å²) >= 11 is 1.70. The van der Waals surface area contributed by atoms with E-state index in [0.29, 0.717) is 0 Å². The van der Waals surface area contributed by atoms with Crippen molar-refractivity contribution in [2.75, 3.05) is 7.11 Å². The largest absolute Gasteiger partial charge is 0.496 e. The van der Waals surface area contributed by atoms with Crippen LogP contribution in [0.2, 0.25) is 0 Å². The Morgan fingerprint density at radius 3 is 2.41 bits per heavy atom. The van der Waals surface area contributed by atoms with Gasteiger partial charge in [0.25, 0.3) is 0 Å². The predicted octanol–water partition coefficient (Wildman–Crippen LogP) is 4.46. The van der Waals surface area contributed by atoms with Gasteiger partial charge < -0.3 is 4.74 Å². The number of thioether (sulfide) groups is 1. The maximum atomic E-state index is 5.29. The Hall–Kier alpha value is -1.67. The number of para-hydroxylation sites is 1. The Labute approximate surface area is 106 Å². The molecule has 0 aliphatic carbocycles. The fourth-order valence-electron chi connectivity index (χ4n) is 1.49. The molecule has 0 aromatic heterocycles. The summed E-state index contributed by atoms with van der Waals surface area (Å²) in [7, 11) is 1.69. The van der Waals surface area contributed by atoms with Gasteiger partial charge in [-0.15, -0.1) is 0 Å². The quantitative estimate of drug-likeness (QED) is 0.732. The highest BCUT2D eigenvalue weighted by Crippen LogP contribution is 2.23. The Morgan fingerprint density at radius 1 is 0.941 bits per heavy atom. The molecule has 0 amide bonds. The minimum atomic E-state index is 0.900. The first-order valence-electron chi connectivity index (χ1n) is 5.41. The van der Waals surface area contributed by atoms with E-state index in [2.05, 4.69) is 23.6 Å². The van der Waals surface area contributed by atoms with E-state index in [4.69, 9.17) is 4.74 Å². The van der Waals surface area contributed by atoms with Gasteiger partial charge in [0.15, 0.2) is 0 Å². The van der Waals surface area contributed by atoms with Gasteiger partial charge in [-0.05, 0) is 29.7 Å². The highest BCUT2D eigenvalue weighted by Gasteiger charge is 1.96. The van der Waals surface area contributed by atoms with E-state index < -0.39 is 0 Å². The molecule has 0 spiro atoms. The van der Waals surface area contributed by atoms with Crippen LogP contribution in [-0.4, -0.2) is 7.11 Å². The number of hydrogen-bond donors (Lipinski definition) is 0. The van der Waals surface area contributed by atoms with Crippen molar-refractivity contribution in [1.82, 2.24) is 0 Å². The van der Waals surface area contributed by atoms with Crippen molar-refractivity contribution in [2.45, 2.75) is 4.90 Å². The lowest BCUT2D eigenvalue weighted by atomic mass is 10.2. The van der Waals surface area contributed by atoms with E-state index in [1.165, 1.54) is 4.90 Å². The molecule has 0 heterocycles. The van der Waals surface area contributed by atoms with Crippen LogP contribution in [-0.2, 0) is 0 Å². The van der Waals surface area contributed by atoms with E-state index in [-0.39, 0.29) is 0 Å². The second kappa shape index (κ2) is 6.16. The van der Waals surface area contributed by atoms with Gasteiger partial charge in [-0.3, -0.25) is 0 Å². The fraction of sp³-hybridized carbons (Fsp3) is 0.0667. The van der Waals surface area contributed by atoms with Gasteiger partial charge in [0.1, 0.15) is 5.75 Å². The molecule has 2 aromatic carbocycles. The van der Waals surface area contributed by atoms with E-state index in [1.807, 2.05) is 42.5 Å². The highest BCUT2D eigenvalue weighted by molar-refractivity contribution is 8.02. The van der Waals surface area contributed by atoms with Crippen LogP contribution in [0.4, 0.5) is 0 Å². The Bertz CT molecular complexity index is 491. The SMILES string of the molecule is COc1ccccc1/C=C\Sc1ccccc1. The molecule has 0 N–H and O–H groups in total. The number of benzene rings is 2. The molecule has 0 bridgehead atoms. The summed E-state index contributed by atoms with van der Waals surface area (Å²) in [5, 5.41) is 2.08. The smallest absolute Gasteiger partial charge is 0.126 e. The molecule has 1 nitrogen and oxygen atoms in total. The van der Waals surface area contributed by atoms with E-state index in [9.17, 15) is 0 Å². The molecule has 0 atom stereocenters. The van der Waals surface area contributed by atoms with Crippen LogP contribution in [0.3, 0.4) is 0 Å². The van der Waals surface area contributed by atoms with Crippen LogP contribution in [0.1, 0.15) is 5.56 Å². The van der Waals surface area contributed by atoms with Crippen molar-refractivity contribution in [1.29, 1.82) is 0 Å². The van der Waals surface area contributed by atoms with Crippen LogP contribution in [0.25, 0.3) is 6.08 Å². The molecule has 86 valence electrons. The normalized spacial score (nSPS) is 10.6. The maximum Gasteiger partial charge on any atom is 0.126 e. The lowest BCUT2D eigenvalue weighted by Crippen LogP contribution is -1.84. The lowest BCUT2D eigenvalue weighted by Gasteiger charge is -2.03. The van der Waals surface area contributed by atoms with Gasteiger partial charge in [-0.2, -0.15) is 0 Å². The summed E-state index contributed by atoms with van der Waals surface area (Å²) in [4.78, 5) is 1.23. The van der Waals surface area contributed by atoms with Crippen LogP contribution < -0.4 is 4.74 Å². The number of hydrogen-bond acceptors (Lipinski definition) is 2. The van der Waals surface area contributed by atoms with Gasteiger partial charge in [0, 0.05) is 10.5 Å². The topological polar surface area (TPSA) is 9.23 Å². The fourth-order valence-corrected chi connectivity index (χ4v) is 2.18. The van der Waals surface area contributed by atoms with Crippen LogP contribution in [0.15, 0.2) is 64.9 Å². The van der Waals surface area contributed by atoms with Gasteiger partial charge in [0.05, 0.1) is 7.11 Å². The van der Waals surface area contributed by atoms with Crippen molar-refractivity contribution in [3.05, 3.63) is 65.6 Å². The average molecular weight is 242 g/mol. The van der Waals surface area contributed by atoms with Crippen molar-refractivity contribution in [2.24, 2.45) is 0 Å². The van der Waals surface area contributed by atoms with Crippen LogP contribution in [0, 0.1) is 0 Å². The van der Waals surface area contributed by atoms with Gasteiger partial charge in [-0.25, -0.2) is 0 Å². The summed E-state index contributed by atoms with van der Waals surface area (Å²) < 4.78 is 5.29. The van der Waals surface area contributed by atoms with Crippen molar-refractivity contribution < 1.29 is 4.74 Å². The maximum absolute atomic E-state index is 5.29. The predicted molar refractivity (Wildman–Crippen MR) is 74.3 cm³/mol. The van der Waals surface area contributed by atoms with E-state index in [1.54, 1.807) is 18.9 Å². The molecule has 0 radical (unpaired) electrons. The molecule has 0 aliphatic rings. The first-order valence-corrected chi connectivity index (χ1v) is 6.29. The Morgan fingerprint density at radius 2 is 1.65 bits per heavy atom. The highest BCUT2D eigenvalue weighted by atomic mass is 32.2. The molecular formula is C15H14OS. The Balaban J connectivity index is 2.06. The second-order valence-corrected chi connectivity index (χ2v) is 4.45.